The molecule has 7 rings (SSSR count). The van der Waals surface area contributed by atoms with Gasteiger partial charge in [-0.2, -0.15) is 0 Å². The summed E-state index contributed by atoms with van der Waals surface area (Å²) in [5.41, 5.74) is 4.89. The summed E-state index contributed by atoms with van der Waals surface area (Å²) in [4.78, 5) is 48.3. The second kappa shape index (κ2) is 10.6. The predicted octanol–water partition coefficient (Wildman–Crippen LogP) is 6.24. The van der Waals surface area contributed by atoms with E-state index >= 15 is 0 Å². The Kier molecular flexibility index (Phi) is 6.63. The number of carbonyl (C=O) groups is 3. The maximum Gasteiger partial charge on any atom is 0.332 e. The first-order valence-corrected chi connectivity index (χ1v) is 14.3. The lowest BCUT2D eigenvalue weighted by atomic mass is 9.89. The number of carbonyl (C=O) groups excluding carboxylic acids is 3. The quantitative estimate of drug-likeness (QED) is 0.229. The number of imide groups is 1. The fourth-order valence-electron chi connectivity index (χ4n) is 6.20. The number of halogens is 1. The van der Waals surface area contributed by atoms with Gasteiger partial charge >= 0.3 is 6.03 Å². The van der Waals surface area contributed by atoms with Crippen LogP contribution in [0.1, 0.15) is 38.8 Å². The molecule has 0 bridgehead atoms. The van der Waals surface area contributed by atoms with Crippen LogP contribution >= 0.6 is 11.6 Å². The number of hydrogen-bond acceptors (Lipinski definition) is 4. The number of H-pyrrole nitrogens is 1. The predicted molar refractivity (Wildman–Crippen MR) is 164 cm³/mol. The molecule has 0 aliphatic carbocycles. The van der Waals surface area contributed by atoms with Crippen LogP contribution < -0.4 is 15.0 Å². The number of methoxy groups -OCH3 is 1. The van der Waals surface area contributed by atoms with Gasteiger partial charge in [-0.25, -0.2) is 9.69 Å². The summed E-state index contributed by atoms with van der Waals surface area (Å²) in [7, 11) is 1.60. The third-order valence-corrected chi connectivity index (χ3v) is 8.64. The van der Waals surface area contributed by atoms with Gasteiger partial charge in [-0.15, -0.1) is 0 Å². The second-order valence-electron chi connectivity index (χ2n) is 10.6. The van der Waals surface area contributed by atoms with Gasteiger partial charge in [-0.05, 0) is 53.1 Å². The van der Waals surface area contributed by atoms with Gasteiger partial charge < -0.3 is 15.0 Å². The van der Waals surface area contributed by atoms with E-state index in [0.717, 1.165) is 38.2 Å². The van der Waals surface area contributed by atoms with E-state index in [9.17, 15) is 14.4 Å². The molecule has 2 atom stereocenters. The Morgan fingerprint density at radius 3 is 2.47 bits per heavy atom. The molecule has 1 fully saturated rings. The average Bonchev–Trinajstić information content (AvgIpc) is 3.53. The zero-order valence-electron chi connectivity index (χ0n) is 23.2. The molecule has 1 saturated heterocycles. The maximum atomic E-state index is 14.3. The van der Waals surface area contributed by atoms with Crippen molar-refractivity contribution in [2.75, 3.05) is 12.0 Å². The van der Waals surface area contributed by atoms with Crippen LogP contribution in [0.4, 0.5) is 10.5 Å². The van der Waals surface area contributed by atoms with Gasteiger partial charge in [0.05, 0.1) is 18.4 Å². The Bertz CT molecular complexity index is 1900. The Labute approximate surface area is 252 Å². The van der Waals surface area contributed by atoms with Crippen LogP contribution in [0.15, 0.2) is 97.1 Å². The normalized spacial score (nSPS) is 17.6. The number of nitrogens with one attached hydrogen (secondary N) is 2. The minimum absolute atomic E-state index is 0.199. The van der Waals surface area contributed by atoms with Crippen LogP contribution in [0.25, 0.3) is 10.9 Å². The third kappa shape index (κ3) is 4.42. The summed E-state index contributed by atoms with van der Waals surface area (Å²) < 4.78 is 5.37. The van der Waals surface area contributed by atoms with E-state index in [-0.39, 0.29) is 23.7 Å². The molecule has 1 aromatic heterocycles. The molecule has 2 aliphatic rings. The zero-order chi connectivity index (χ0) is 29.7. The highest BCUT2D eigenvalue weighted by Crippen LogP contribution is 2.45. The Hall–Kier alpha value is -5.08. The number of ether oxygens (including phenoxy) is 1. The molecule has 4 aromatic carbocycles. The Morgan fingerprint density at radius 1 is 0.953 bits per heavy atom. The number of aromatic nitrogens is 1. The summed E-state index contributed by atoms with van der Waals surface area (Å²) >= 11 is 6.28. The van der Waals surface area contributed by atoms with E-state index in [0.29, 0.717) is 17.2 Å². The SMILES string of the molecule is COc1ccc(C2c3[nH]c4ccccc4c3C[C@H]3C(=O)N(c4ccccc4C(=O)NCc4ccccc4Cl)C(=O)N23)cc1. The second-order valence-corrected chi connectivity index (χ2v) is 11.0. The molecule has 0 spiro atoms. The van der Waals surface area contributed by atoms with Gasteiger partial charge in [-0.3, -0.25) is 14.5 Å². The van der Waals surface area contributed by atoms with Gasteiger partial charge in [0, 0.05) is 34.6 Å². The minimum Gasteiger partial charge on any atom is -0.497 e. The molecule has 4 amide bonds. The minimum atomic E-state index is -0.745. The van der Waals surface area contributed by atoms with E-state index in [2.05, 4.69) is 10.3 Å². The molecular weight excluding hydrogens is 564 g/mol. The molecule has 0 radical (unpaired) electrons. The van der Waals surface area contributed by atoms with Crippen molar-refractivity contribution < 1.29 is 19.1 Å². The van der Waals surface area contributed by atoms with Gasteiger partial charge in [0.2, 0.25) is 0 Å². The molecule has 2 aliphatic heterocycles. The first kappa shape index (κ1) is 26.8. The lowest BCUT2D eigenvalue weighted by Gasteiger charge is -2.36. The molecule has 8 nitrogen and oxygen atoms in total. The maximum absolute atomic E-state index is 14.3. The standard InChI is InChI=1S/C34H27ClN4O4/c1-43-22-16-14-20(15-17-22)31-30-25(23-9-3-6-12-27(23)37-30)18-29-33(41)39(34(42)38(29)31)28-13-7-4-10-24(28)32(40)36-19-21-8-2-5-11-26(21)35/h2-17,29,31,37H,18-19H2,1H3,(H,36,40)/t29-,31?/m0/s1. The highest BCUT2D eigenvalue weighted by Gasteiger charge is 2.53. The molecule has 43 heavy (non-hydrogen) atoms. The smallest absolute Gasteiger partial charge is 0.332 e. The molecule has 1 unspecified atom stereocenters. The monoisotopic (exact) mass is 590 g/mol. The van der Waals surface area contributed by atoms with Crippen LogP contribution in [0, 0.1) is 0 Å². The van der Waals surface area contributed by atoms with Crippen molar-refractivity contribution in [3.63, 3.8) is 0 Å². The van der Waals surface area contributed by atoms with Crippen LogP contribution in [0.2, 0.25) is 5.02 Å². The van der Waals surface area contributed by atoms with E-state index in [4.69, 9.17) is 16.3 Å². The van der Waals surface area contributed by atoms with Crippen molar-refractivity contribution in [2.24, 2.45) is 0 Å². The van der Waals surface area contributed by atoms with Crippen LogP contribution in [0.5, 0.6) is 5.75 Å². The molecule has 2 N–H and O–H groups in total. The van der Waals surface area contributed by atoms with Crippen molar-refractivity contribution in [2.45, 2.75) is 25.0 Å². The van der Waals surface area contributed by atoms with Crippen molar-refractivity contribution in [3.05, 3.63) is 130 Å². The molecule has 3 heterocycles. The number of anilines is 1. The van der Waals surface area contributed by atoms with Crippen LogP contribution in [-0.4, -0.2) is 40.9 Å². The van der Waals surface area contributed by atoms with Crippen molar-refractivity contribution in [3.8, 4) is 5.75 Å². The van der Waals surface area contributed by atoms with E-state index < -0.39 is 24.0 Å². The molecule has 214 valence electrons. The first-order chi connectivity index (χ1) is 21.0. The number of aromatic amines is 1. The van der Waals surface area contributed by atoms with Crippen molar-refractivity contribution in [1.29, 1.82) is 0 Å². The summed E-state index contributed by atoms with van der Waals surface area (Å²) in [6.07, 6.45) is 0.355. The molecular formula is C34H27ClN4O4. The van der Waals surface area contributed by atoms with Gasteiger partial charge in [-0.1, -0.05) is 72.3 Å². The highest BCUT2D eigenvalue weighted by molar-refractivity contribution is 6.31. The molecule has 5 aromatic rings. The van der Waals surface area contributed by atoms with Crippen LogP contribution in [-0.2, 0) is 17.8 Å². The fourth-order valence-corrected chi connectivity index (χ4v) is 6.40. The van der Waals surface area contributed by atoms with Gasteiger partial charge in [0.15, 0.2) is 0 Å². The zero-order valence-corrected chi connectivity index (χ0v) is 24.0. The number of rotatable bonds is 6. The topological polar surface area (TPSA) is 94.7 Å². The number of hydrogen-bond donors (Lipinski definition) is 2. The third-order valence-electron chi connectivity index (χ3n) is 8.27. The number of nitrogens with zero attached hydrogens (tertiary/aromatic N) is 2. The summed E-state index contributed by atoms with van der Waals surface area (Å²) in [5.74, 6) is -0.0927. The van der Waals surface area contributed by atoms with Crippen LogP contribution in [0.3, 0.4) is 0 Å². The Balaban J connectivity index is 1.28. The summed E-state index contributed by atoms with van der Waals surface area (Å²) in [5, 5.41) is 4.45. The summed E-state index contributed by atoms with van der Waals surface area (Å²) in [6.45, 7) is 0.199. The fraction of sp³-hybridized carbons (Fsp3) is 0.147. The highest BCUT2D eigenvalue weighted by atomic mass is 35.5. The number of para-hydroxylation sites is 2. The number of benzene rings is 4. The average molecular weight is 591 g/mol. The van der Waals surface area contributed by atoms with Crippen molar-refractivity contribution in [1.82, 2.24) is 15.2 Å². The number of amides is 4. The van der Waals surface area contributed by atoms with Gasteiger partial charge in [0.25, 0.3) is 11.8 Å². The number of fused-ring (bicyclic) bond motifs is 4. The van der Waals surface area contributed by atoms with E-state index in [1.807, 2.05) is 66.7 Å². The lowest BCUT2D eigenvalue weighted by molar-refractivity contribution is -0.120. The number of urea groups is 1. The molecule has 9 heteroatoms. The Morgan fingerprint density at radius 2 is 1.67 bits per heavy atom. The first-order valence-electron chi connectivity index (χ1n) is 14.0. The summed E-state index contributed by atoms with van der Waals surface area (Å²) in [6, 6.07) is 27.6. The lowest BCUT2D eigenvalue weighted by Crippen LogP contribution is -2.44. The van der Waals surface area contributed by atoms with E-state index in [1.54, 1.807) is 42.3 Å². The largest absolute Gasteiger partial charge is 0.497 e. The van der Waals surface area contributed by atoms with Crippen molar-refractivity contribution >= 4 is 46.0 Å². The van der Waals surface area contributed by atoms with E-state index in [1.165, 1.54) is 0 Å². The van der Waals surface area contributed by atoms with Gasteiger partial charge in [0.1, 0.15) is 17.8 Å². The molecule has 0 saturated carbocycles.